The summed E-state index contributed by atoms with van der Waals surface area (Å²) in [5.41, 5.74) is 0. The van der Waals surface area contributed by atoms with Gasteiger partial charge in [-0.3, -0.25) is 0 Å². The lowest BCUT2D eigenvalue weighted by molar-refractivity contribution is 0.366. The van der Waals surface area contributed by atoms with Crippen LogP contribution in [0.4, 0.5) is 0 Å². The Morgan fingerprint density at radius 3 is 2.75 bits per heavy atom. The van der Waals surface area contributed by atoms with Gasteiger partial charge in [-0.1, -0.05) is 24.9 Å². The number of hydrogen-bond donors (Lipinski definition) is 1. The molecule has 0 aromatic carbocycles. The van der Waals surface area contributed by atoms with E-state index in [0.29, 0.717) is 5.92 Å². The lowest BCUT2D eigenvalue weighted by atomic mass is 10.0. The first-order valence-electron chi connectivity index (χ1n) is 6.43. The molecular weight excluding hydrogens is 202 g/mol. The monoisotopic (exact) mass is 221 g/mol. The molecule has 2 atom stereocenters. The molecule has 1 N–H and O–H groups in total. The average molecular weight is 221 g/mol. The van der Waals surface area contributed by atoms with E-state index >= 15 is 0 Å². The van der Waals surface area contributed by atoms with E-state index in [-0.39, 0.29) is 0 Å². The maximum Gasteiger partial charge on any atom is 0.230 e. The van der Waals surface area contributed by atoms with E-state index < -0.39 is 0 Å². The van der Waals surface area contributed by atoms with Gasteiger partial charge in [0.25, 0.3) is 0 Å². The Morgan fingerprint density at radius 2 is 2.06 bits per heavy atom. The summed E-state index contributed by atoms with van der Waals surface area (Å²) in [6, 6.07) is 0. The number of nitrogens with one attached hydrogen (secondary N) is 1. The van der Waals surface area contributed by atoms with Crippen molar-refractivity contribution in [2.45, 2.75) is 45.1 Å². The number of hydrogen-bond acceptors (Lipinski definition) is 4. The molecule has 0 radical (unpaired) electrons. The zero-order valence-electron chi connectivity index (χ0n) is 9.78. The third-order valence-electron chi connectivity index (χ3n) is 3.96. The Bertz CT molecular complexity index is 351. The summed E-state index contributed by atoms with van der Waals surface area (Å²) < 4.78 is 5.38. The number of rotatable bonds is 4. The molecule has 3 rings (SSSR count). The first-order valence-corrected chi connectivity index (χ1v) is 6.43. The molecule has 0 spiro atoms. The molecule has 2 unspecified atom stereocenters. The second-order valence-electron chi connectivity index (χ2n) is 4.97. The van der Waals surface area contributed by atoms with Gasteiger partial charge in [0.05, 0.1) is 6.54 Å². The fourth-order valence-corrected chi connectivity index (χ4v) is 3.07. The number of fused-ring (bicyclic) bond motifs is 1. The second-order valence-corrected chi connectivity index (χ2v) is 4.97. The molecule has 0 amide bonds. The van der Waals surface area contributed by atoms with Crippen LogP contribution in [-0.2, 0) is 6.54 Å². The highest BCUT2D eigenvalue weighted by Gasteiger charge is 2.54. The predicted molar refractivity (Wildman–Crippen MR) is 59.9 cm³/mol. The molecule has 1 aromatic rings. The van der Waals surface area contributed by atoms with Crippen molar-refractivity contribution >= 4 is 0 Å². The molecule has 4 nitrogen and oxygen atoms in total. The van der Waals surface area contributed by atoms with Crippen molar-refractivity contribution < 1.29 is 4.52 Å². The van der Waals surface area contributed by atoms with Crippen LogP contribution in [0.15, 0.2) is 4.52 Å². The number of aromatic nitrogens is 2. The quantitative estimate of drug-likeness (QED) is 0.845. The highest BCUT2D eigenvalue weighted by Crippen LogP contribution is 2.60. The Labute approximate surface area is 95.8 Å². The minimum absolute atomic E-state index is 0.588. The smallest absolute Gasteiger partial charge is 0.230 e. The first kappa shape index (κ1) is 10.3. The SMILES string of the molecule is CCNCc1noc(C2C3CCCCC32)n1. The third-order valence-corrected chi connectivity index (χ3v) is 3.96. The van der Waals surface area contributed by atoms with Crippen LogP contribution in [0.5, 0.6) is 0 Å². The van der Waals surface area contributed by atoms with E-state index in [1.165, 1.54) is 25.7 Å². The van der Waals surface area contributed by atoms with E-state index in [0.717, 1.165) is 36.6 Å². The van der Waals surface area contributed by atoms with Gasteiger partial charge in [-0.05, 0) is 31.2 Å². The largest absolute Gasteiger partial charge is 0.339 e. The molecule has 2 aliphatic rings. The summed E-state index contributed by atoms with van der Waals surface area (Å²) in [6.07, 6.45) is 5.49. The van der Waals surface area contributed by atoms with Gasteiger partial charge < -0.3 is 9.84 Å². The summed E-state index contributed by atoms with van der Waals surface area (Å²) >= 11 is 0. The molecular formula is C12H19N3O. The Balaban J connectivity index is 1.64. The van der Waals surface area contributed by atoms with Gasteiger partial charge >= 0.3 is 0 Å². The zero-order chi connectivity index (χ0) is 11.0. The van der Waals surface area contributed by atoms with Crippen LogP contribution in [-0.4, -0.2) is 16.7 Å². The van der Waals surface area contributed by atoms with Crippen molar-refractivity contribution in [1.29, 1.82) is 0 Å². The maximum absolute atomic E-state index is 5.38. The van der Waals surface area contributed by atoms with E-state index in [9.17, 15) is 0 Å². The summed E-state index contributed by atoms with van der Waals surface area (Å²) in [7, 11) is 0. The molecule has 88 valence electrons. The molecule has 2 aliphatic carbocycles. The summed E-state index contributed by atoms with van der Waals surface area (Å²) in [5.74, 6) is 3.98. The van der Waals surface area contributed by atoms with Gasteiger partial charge in [-0.25, -0.2) is 0 Å². The maximum atomic E-state index is 5.38. The highest BCUT2D eigenvalue weighted by atomic mass is 16.5. The normalized spacial score (nSPS) is 32.4. The minimum atomic E-state index is 0.588. The molecule has 1 heterocycles. The van der Waals surface area contributed by atoms with Gasteiger partial charge in [0.2, 0.25) is 5.89 Å². The summed E-state index contributed by atoms with van der Waals surface area (Å²) in [5, 5.41) is 7.24. The lowest BCUT2D eigenvalue weighted by Gasteiger charge is -2.04. The van der Waals surface area contributed by atoms with Crippen molar-refractivity contribution in [2.24, 2.45) is 11.8 Å². The van der Waals surface area contributed by atoms with E-state index in [1.807, 2.05) is 0 Å². The van der Waals surface area contributed by atoms with Gasteiger partial charge in [0.1, 0.15) is 0 Å². The highest BCUT2D eigenvalue weighted by molar-refractivity contribution is 5.14. The molecule has 0 saturated heterocycles. The van der Waals surface area contributed by atoms with Crippen molar-refractivity contribution in [2.75, 3.05) is 6.54 Å². The first-order chi connectivity index (χ1) is 7.90. The second kappa shape index (κ2) is 4.17. The summed E-state index contributed by atoms with van der Waals surface area (Å²) in [4.78, 5) is 4.49. The fourth-order valence-electron chi connectivity index (χ4n) is 3.07. The fraction of sp³-hybridized carbons (Fsp3) is 0.833. The zero-order valence-corrected chi connectivity index (χ0v) is 9.78. The summed E-state index contributed by atoms with van der Waals surface area (Å²) in [6.45, 7) is 3.75. The van der Waals surface area contributed by atoms with Gasteiger partial charge in [-0.15, -0.1) is 0 Å². The molecule has 1 aromatic heterocycles. The Hall–Kier alpha value is -0.900. The van der Waals surface area contributed by atoms with Crippen LogP contribution < -0.4 is 5.32 Å². The van der Waals surface area contributed by atoms with Crippen LogP contribution in [0.25, 0.3) is 0 Å². The minimum Gasteiger partial charge on any atom is -0.339 e. The third kappa shape index (κ3) is 1.75. The van der Waals surface area contributed by atoms with Crippen LogP contribution in [0.3, 0.4) is 0 Å². The van der Waals surface area contributed by atoms with E-state index in [1.54, 1.807) is 0 Å². The molecule has 16 heavy (non-hydrogen) atoms. The van der Waals surface area contributed by atoms with Crippen LogP contribution in [0.1, 0.15) is 50.2 Å². The molecule has 2 fully saturated rings. The van der Waals surface area contributed by atoms with Gasteiger partial charge in [0.15, 0.2) is 5.82 Å². The molecule has 0 bridgehead atoms. The predicted octanol–water partition coefficient (Wildman–Crippen LogP) is 2.08. The molecule has 0 aliphatic heterocycles. The Morgan fingerprint density at radius 1 is 1.31 bits per heavy atom. The van der Waals surface area contributed by atoms with Crippen molar-refractivity contribution in [3.05, 3.63) is 11.7 Å². The standard InChI is InChI=1S/C12H19N3O/c1-2-13-7-10-14-12(16-15-10)11-8-5-3-4-6-9(8)11/h8-9,11,13H,2-7H2,1H3. The number of nitrogens with zero attached hydrogens (tertiary/aromatic N) is 2. The van der Waals surface area contributed by atoms with E-state index in [4.69, 9.17) is 4.52 Å². The Kier molecular flexibility index (Phi) is 2.67. The lowest BCUT2D eigenvalue weighted by Crippen LogP contribution is -2.12. The van der Waals surface area contributed by atoms with Gasteiger partial charge in [-0.2, -0.15) is 4.98 Å². The topological polar surface area (TPSA) is 51.0 Å². The average Bonchev–Trinajstić information content (AvgIpc) is 2.87. The van der Waals surface area contributed by atoms with E-state index in [2.05, 4.69) is 22.4 Å². The van der Waals surface area contributed by atoms with Crippen LogP contribution in [0.2, 0.25) is 0 Å². The van der Waals surface area contributed by atoms with Crippen LogP contribution >= 0.6 is 0 Å². The van der Waals surface area contributed by atoms with Crippen LogP contribution in [0, 0.1) is 11.8 Å². The van der Waals surface area contributed by atoms with Crippen molar-refractivity contribution in [1.82, 2.24) is 15.5 Å². The van der Waals surface area contributed by atoms with Gasteiger partial charge in [0, 0.05) is 5.92 Å². The van der Waals surface area contributed by atoms with Crippen molar-refractivity contribution in [3.63, 3.8) is 0 Å². The molecule has 2 saturated carbocycles. The van der Waals surface area contributed by atoms with Crippen molar-refractivity contribution in [3.8, 4) is 0 Å². The molecule has 4 heteroatoms.